The first-order valence-electron chi connectivity index (χ1n) is 16.6. The van der Waals surface area contributed by atoms with Crippen molar-refractivity contribution in [3.63, 3.8) is 0 Å². The van der Waals surface area contributed by atoms with Crippen LogP contribution in [0.5, 0.6) is 11.5 Å². The van der Waals surface area contributed by atoms with E-state index in [0.29, 0.717) is 102 Å². The molecule has 1 N–H and O–H groups in total. The van der Waals surface area contributed by atoms with Crippen LogP contribution >= 0.6 is 15.9 Å². The van der Waals surface area contributed by atoms with E-state index in [9.17, 15) is 26.7 Å². The van der Waals surface area contributed by atoms with Crippen molar-refractivity contribution in [2.24, 2.45) is 0 Å². The predicted octanol–water partition coefficient (Wildman–Crippen LogP) is 8.07. The molecule has 16 heteroatoms. The van der Waals surface area contributed by atoms with Crippen LogP contribution in [0.3, 0.4) is 0 Å². The minimum absolute atomic E-state index is 0.0902. The number of benzene rings is 2. The largest absolute Gasteiger partial charge is 0.504 e. The maximum atomic E-state index is 13.9. The molecule has 8 rings (SSSR count). The molecular weight excluding hydrogens is 743 g/mol. The van der Waals surface area contributed by atoms with Crippen molar-refractivity contribution in [3.05, 3.63) is 72.1 Å². The van der Waals surface area contributed by atoms with Crippen molar-refractivity contribution >= 4 is 22.0 Å². The molecule has 2 aromatic carbocycles. The van der Waals surface area contributed by atoms with Gasteiger partial charge < -0.3 is 24.4 Å². The van der Waals surface area contributed by atoms with E-state index in [1.54, 1.807) is 29.2 Å². The molecule has 0 aliphatic carbocycles. The van der Waals surface area contributed by atoms with Crippen LogP contribution in [0, 0.1) is 0 Å². The topological polar surface area (TPSA) is 95.7 Å². The number of rotatable bonds is 1. The van der Waals surface area contributed by atoms with Crippen molar-refractivity contribution in [1.82, 2.24) is 29.8 Å². The summed E-state index contributed by atoms with van der Waals surface area (Å²) in [5.41, 5.74) is 1.17. The van der Waals surface area contributed by atoms with Gasteiger partial charge in [0.1, 0.15) is 39.7 Å². The number of carbonyl (C=O) groups excluding carboxylic acids is 1. The Morgan fingerprint density at radius 1 is 0.784 bits per heavy atom. The van der Waals surface area contributed by atoms with Crippen LogP contribution in [0.15, 0.2) is 60.9 Å². The van der Waals surface area contributed by atoms with E-state index < -0.39 is 28.1 Å². The third-order valence-electron chi connectivity index (χ3n) is 9.46. The first kappa shape index (κ1) is 35.2. The average Bonchev–Trinajstić information content (AvgIpc) is 3.74. The molecule has 0 unspecified atom stereocenters. The molecule has 0 radical (unpaired) electrons. The van der Waals surface area contributed by atoms with E-state index in [4.69, 9.17) is 14.2 Å². The molecule has 6 heterocycles. The molecule has 2 fully saturated rings. The predicted molar refractivity (Wildman–Crippen MR) is 179 cm³/mol. The Balaban J connectivity index is 0.000000165. The highest BCUT2D eigenvalue weighted by molar-refractivity contribution is 9.09. The molecule has 10 nitrogen and oxygen atoms in total. The number of aromatic nitrogens is 4. The van der Waals surface area contributed by atoms with Crippen LogP contribution in [0.4, 0.5) is 26.7 Å². The number of piperidine rings is 2. The van der Waals surface area contributed by atoms with Gasteiger partial charge >= 0.3 is 17.3 Å². The lowest BCUT2D eigenvalue weighted by molar-refractivity contribution is -0.212. The summed E-state index contributed by atoms with van der Waals surface area (Å²) < 4.78 is 85.6. The second kappa shape index (κ2) is 12.5. The third-order valence-corrected chi connectivity index (χ3v) is 9.82. The van der Waals surface area contributed by atoms with Crippen LogP contribution in [0.25, 0.3) is 22.5 Å². The number of nitrogens with zero attached hydrogens (tertiary/aromatic N) is 5. The summed E-state index contributed by atoms with van der Waals surface area (Å²) in [6.07, 6.45) is -0.345. The lowest BCUT2D eigenvalue weighted by atomic mass is 9.81. The second-order valence-corrected chi connectivity index (χ2v) is 15.0. The summed E-state index contributed by atoms with van der Waals surface area (Å²) in [5.74, 6) is 1.21. The Hall–Kier alpha value is -4.18. The van der Waals surface area contributed by atoms with Gasteiger partial charge in [0.25, 0.3) is 0 Å². The first-order chi connectivity index (χ1) is 24.0. The van der Waals surface area contributed by atoms with Crippen molar-refractivity contribution in [3.8, 4) is 34.0 Å². The zero-order valence-electron chi connectivity index (χ0n) is 28.1. The van der Waals surface area contributed by atoms with Crippen LogP contribution in [0.2, 0.25) is 0 Å². The molecule has 2 aromatic heterocycles. The molecule has 4 aromatic rings. The lowest BCUT2D eigenvalue weighted by Gasteiger charge is -2.44. The van der Waals surface area contributed by atoms with Gasteiger partial charge in [0.15, 0.2) is 0 Å². The minimum Gasteiger partial charge on any atom is -0.482 e. The van der Waals surface area contributed by atoms with Crippen molar-refractivity contribution in [2.45, 2.75) is 74.5 Å². The standard InChI is InChI=1S/C20H22BrF2N3O3.C15H14F3N3O/c1-18(2,3)29-17(27)25-10-8-19(9-11-25)14-12-26(20(21,22)23)24-16(14)13-6-4-5-7-15(13)28-19;16-15(17,18)21-9-11-13(20-21)10-3-1-2-4-12(10)22-14(11)5-7-19-8-6-14/h4-7,12H,8-11H2,1-3H3;1-4,9,19H,5-8H2. The molecule has 2 spiro atoms. The highest BCUT2D eigenvalue weighted by Gasteiger charge is 2.48. The van der Waals surface area contributed by atoms with Crippen molar-refractivity contribution < 1.29 is 41.0 Å². The van der Waals surface area contributed by atoms with Gasteiger partial charge in [0.05, 0.1) is 0 Å². The summed E-state index contributed by atoms with van der Waals surface area (Å²) in [7, 11) is 0. The maximum Gasteiger partial charge on any atom is 0.504 e. The highest BCUT2D eigenvalue weighted by Crippen LogP contribution is 2.51. The van der Waals surface area contributed by atoms with Crippen LogP contribution < -0.4 is 14.8 Å². The Bertz CT molecular complexity index is 1940. The van der Waals surface area contributed by atoms with E-state index in [2.05, 4.69) is 31.4 Å². The van der Waals surface area contributed by atoms with Crippen LogP contribution in [-0.2, 0) is 27.2 Å². The van der Waals surface area contributed by atoms with E-state index in [-0.39, 0.29) is 10.8 Å². The summed E-state index contributed by atoms with van der Waals surface area (Å²) in [6, 6.07) is 14.4. The summed E-state index contributed by atoms with van der Waals surface area (Å²) >= 11 is 2.38. The zero-order valence-corrected chi connectivity index (χ0v) is 29.7. The van der Waals surface area contributed by atoms with Gasteiger partial charge in [-0.15, -0.1) is 13.2 Å². The number of carbonyl (C=O) groups is 1. The number of halogens is 6. The molecule has 2 saturated heterocycles. The number of para-hydroxylation sites is 2. The fourth-order valence-corrected chi connectivity index (χ4v) is 7.24. The van der Waals surface area contributed by atoms with Crippen LogP contribution in [0.1, 0.15) is 57.6 Å². The van der Waals surface area contributed by atoms with Gasteiger partial charge in [-0.3, -0.25) is 0 Å². The van der Waals surface area contributed by atoms with E-state index in [1.165, 1.54) is 6.20 Å². The highest BCUT2D eigenvalue weighted by atomic mass is 79.9. The van der Waals surface area contributed by atoms with Crippen molar-refractivity contribution in [1.29, 1.82) is 0 Å². The molecule has 0 saturated carbocycles. The van der Waals surface area contributed by atoms with Gasteiger partial charge in [0.2, 0.25) is 0 Å². The summed E-state index contributed by atoms with van der Waals surface area (Å²) in [4.78, 5) is 10.7. The van der Waals surface area contributed by atoms with Gasteiger partial charge in [-0.05, 0) is 58.1 Å². The maximum absolute atomic E-state index is 13.9. The summed E-state index contributed by atoms with van der Waals surface area (Å²) in [5, 5.41) is 11.2. The van der Waals surface area contributed by atoms with E-state index >= 15 is 0 Å². The number of fused-ring (bicyclic) bond motifs is 8. The lowest BCUT2D eigenvalue weighted by Crippen LogP contribution is -2.50. The number of likely N-dealkylation sites (tertiary alicyclic amines) is 1. The number of nitrogens with one attached hydrogen (secondary N) is 1. The van der Waals surface area contributed by atoms with Gasteiger partial charge in [-0.25, -0.2) is 4.79 Å². The van der Waals surface area contributed by atoms with E-state index in [0.717, 1.165) is 6.20 Å². The molecule has 272 valence electrons. The normalized spacial score (nSPS) is 18.6. The molecule has 0 atom stereocenters. The molecule has 4 aliphatic heterocycles. The van der Waals surface area contributed by atoms with Gasteiger partial charge in [0, 0.05) is 89.4 Å². The first-order valence-corrected chi connectivity index (χ1v) is 17.4. The zero-order chi connectivity index (χ0) is 36.4. The third kappa shape index (κ3) is 6.67. The van der Waals surface area contributed by atoms with Crippen molar-refractivity contribution in [2.75, 3.05) is 26.2 Å². The number of ether oxygens (including phenoxy) is 3. The second-order valence-electron chi connectivity index (χ2n) is 14.0. The van der Waals surface area contributed by atoms with Gasteiger partial charge in [-0.1, -0.05) is 24.3 Å². The monoisotopic (exact) mass is 778 g/mol. The Morgan fingerprint density at radius 3 is 1.75 bits per heavy atom. The molecule has 1 amide bonds. The Kier molecular flexibility index (Phi) is 8.63. The number of alkyl halides is 6. The number of hydrogen-bond acceptors (Lipinski definition) is 7. The molecule has 0 bridgehead atoms. The Morgan fingerprint density at radius 2 is 1.25 bits per heavy atom. The molecule has 51 heavy (non-hydrogen) atoms. The SMILES string of the molecule is CC(C)(C)OC(=O)N1CCC2(CC1)Oc1ccccc1-c1nn(C(F)(F)Br)cc12.FC(F)(F)n1cc2c(n1)-c1ccccc1OC21CCNCC1. The van der Waals surface area contributed by atoms with Gasteiger partial charge in [-0.2, -0.15) is 28.3 Å². The number of amides is 1. The smallest absolute Gasteiger partial charge is 0.482 e. The number of hydrogen-bond donors (Lipinski definition) is 1. The van der Waals surface area contributed by atoms with E-state index in [1.807, 2.05) is 45.0 Å². The average molecular weight is 780 g/mol. The Labute approximate surface area is 299 Å². The fourth-order valence-electron chi connectivity index (χ4n) is 7.06. The fraction of sp³-hybridized carbons (Fsp3) is 0.457. The summed E-state index contributed by atoms with van der Waals surface area (Å²) in [6.45, 7) is 7.66. The molecule has 4 aliphatic rings. The van der Waals surface area contributed by atoms with Crippen LogP contribution in [-0.4, -0.2) is 62.3 Å². The quantitative estimate of drug-likeness (QED) is 0.154. The molecular formula is C35H36BrF5N6O4. The minimum atomic E-state index is -4.53.